The summed E-state index contributed by atoms with van der Waals surface area (Å²) in [4.78, 5) is 22.8. The summed E-state index contributed by atoms with van der Waals surface area (Å²) >= 11 is 3.36. The number of halogens is 1. The second-order valence-electron chi connectivity index (χ2n) is 4.06. The normalized spacial score (nSPS) is 10.3. The average molecular weight is 339 g/mol. The van der Waals surface area contributed by atoms with Crippen molar-refractivity contribution in [2.45, 2.75) is 6.92 Å². The predicted octanol–water partition coefficient (Wildman–Crippen LogP) is 2.01. The number of aromatic nitrogens is 2. The Morgan fingerprint density at radius 2 is 2.15 bits per heavy atom. The number of aryl methyl sites for hydroxylation is 1. The van der Waals surface area contributed by atoms with Crippen LogP contribution in [0.3, 0.4) is 0 Å². The monoisotopic (exact) mass is 338 g/mol. The molecule has 104 valence electrons. The van der Waals surface area contributed by atoms with Gasteiger partial charge in [0.1, 0.15) is 5.75 Å². The Morgan fingerprint density at radius 1 is 1.45 bits per heavy atom. The van der Waals surface area contributed by atoms with E-state index in [0.717, 1.165) is 0 Å². The zero-order chi connectivity index (χ0) is 14.9. The molecule has 0 amide bonds. The molecule has 0 aliphatic heterocycles. The highest BCUT2D eigenvalue weighted by Crippen LogP contribution is 2.25. The molecule has 0 saturated carbocycles. The van der Waals surface area contributed by atoms with E-state index in [2.05, 4.69) is 21.0 Å². The fraction of sp³-hybridized carbons (Fsp3) is 0.154. The second-order valence-corrected chi connectivity index (χ2v) is 4.91. The van der Waals surface area contributed by atoms with E-state index >= 15 is 0 Å². The maximum Gasteiger partial charge on any atom is 0.360 e. The first-order chi connectivity index (χ1) is 9.43. The molecule has 2 aromatic rings. The Balaban J connectivity index is 2.70. The number of ether oxygens (including phenoxy) is 1. The van der Waals surface area contributed by atoms with Crippen molar-refractivity contribution in [1.29, 1.82) is 0 Å². The van der Waals surface area contributed by atoms with Crippen molar-refractivity contribution in [1.82, 2.24) is 9.78 Å². The molecule has 0 bridgehead atoms. The van der Waals surface area contributed by atoms with Crippen LogP contribution in [0.5, 0.6) is 5.75 Å². The van der Waals surface area contributed by atoms with Gasteiger partial charge in [-0.25, -0.2) is 9.48 Å². The summed E-state index contributed by atoms with van der Waals surface area (Å²) in [5.74, 6) is -0.760. The summed E-state index contributed by atoms with van der Waals surface area (Å²) in [6.07, 6.45) is 1.48. The van der Waals surface area contributed by atoms with Crippen molar-refractivity contribution < 1.29 is 14.6 Å². The Hall–Kier alpha value is -2.15. The van der Waals surface area contributed by atoms with Crippen molar-refractivity contribution in [3.05, 3.63) is 50.3 Å². The van der Waals surface area contributed by atoms with Crippen LogP contribution >= 0.6 is 15.9 Å². The van der Waals surface area contributed by atoms with Gasteiger partial charge in [-0.3, -0.25) is 4.79 Å². The van der Waals surface area contributed by atoms with Gasteiger partial charge in [0, 0.05) is 22.3 Å². The number of hydrogen-bond donors (Lipinski definition) is 1. The van der Waals surface area contributed by atoms with Crippen LogP contribution in [0.4, 0.5) is 0 Å². The number of carboxylic acid groups (broad SMARTS) is 1. The lowest BCUT2D eigenvalue weighted by Crippen LogP contribution is -2.23. The molecule has 1 aromatic heterocycles. The molecule has 0 saturated heterocycles. The average Bonchev–Trinajstić information content (AvgIpc) is 2.42. The first-order valence-corrected chi connectivity index (χ1v) is 6.41. The molecule has 0 aliphatic carbocycles. The van der Waals surface area contributed by atoms with Crippen LogP contribution in [-0.2, 0) is 0 Å². The minimum atomic E-state index is -1.36. The summed E-state index contributed by atoms with van der Waals surface area (Å²) in [5, 5.41) is 12.9. The van der Waals surface area contributed by atoms with Gasteiger partial charge in [-0.15, -0.1) is 0 Å². The molecule has 0 spiro atoms. The van der Waals surface area contributed by atoms with E-state index in [4.69, 9.17) is 9.84 Å². The van der Waals surface area contributed by atoms with Crippen LogP contribution < -0.4 is 10.2 Å². The van der Waals surface area contributed by atoms with E-state index in [1.807, 2.05) is 0 Å². The molecule has 7 heteroatoms. The highest BCUT2D eigenvalue weighted by atomic mass is 79.9. The SMILES string of the molecule is COc1ccc(Br)c(-n2cc(C)c(=O)c(C(=O)O)n2)c1. The zero-order valence-electron chi connectivity index (χ0n) is 10.8. The lowest BCUT2D eigenvalue weighted by Gasteiger charge is -2.11. The fourth-order valence-corrected chi connectivity index (χ4v) is 2.10. The molecule has 0 radical (unpaired) electrons. The number of carbonyl (C=O) groups is 1. The number of nitrogens with zero attached hydrogens (tertiary/aromatic N) is 2. The maximum atomic E-state index is 11.7. The fourth-order valence-electron chi connectivity index (χ4n) is 1.67. The van der Waals surface area contributed by atoms with E-state index in [-0.39, 0.29) is 0 Å². The molecule has 6 nitrogen and oxygen atoms in total. The number of aromatic carboxylic acids is 1. The number of methoxy groups -OCH3 is 1. The van der Waals surface area contributed by atoms with Gasteiger partial charge in [0.2, 0.25) is 11.1 Å². The smallest absolute Gasteiger partial charge is 0.360 e. The third-order valence-electron chi connectivity index (χ3n) is 2.70. The van der Waals surface area contributed by atoms with Crippen molar-refractivity contribution in [2.24, 2.45) is 0 Å². The summed E-state index contributed by atoms with van der Waals surface area (Å²) in [5.41, 5.74) is -0.227. The van der Waals surface area contributed by atoms with Gasteiger partial charge in [-0.2, -0.15) is 5.10 Å². The maximum absolute atomic E-state index is 11.7. The molecule has 0 unspecified atom stereocenters. The number of carboxylic acids is 1. The molecular formula is C13H11BrN2O4. The number of hydrogen-bond acceptors (Lipinski definition) is 4. The van der Waals surface area contributed by atoms with Gasteiger partial charge in [-0.05, 0) is 35.0 Å². The molecule has 1 aromatic carbocycles. The largest absolute Gasteiger partial charge is 0.497 e. The number of rotatable bonds is 3. The third kappa shape index (κ3) is 2.57. The standard InChI is InChI=1S/C13H11BrN2O4/c1-7-6-16(15-11(12(7)17)13(18)19)10-5-8(20-2)3-4-9(10)14/h3-6H,1-2H3,(H,18,19). The quantitative estimate of drug-likeness (QED) is 0.925. The van der Waals surface area contributed by atoms with Crippen LogP contribution in [0.15, 0.2) is 33.7 Å². The van der Waals surface area contributed by atoms with E-state index in [1.165, 1.54) is 18.0 Å². The zero-order valence-corrected chi connectivity index (χ0v) is 12.3. The Bertz CT molecular complexity index is 740. The van der Waals surface area contributed by atoms with Crippen molar-refractivity contribution >= 4 is 21.9 Å². The molecule has 0 fully saturated rings. The van der Waals surface area contributed by atoms with Gasteiger partial charge in [-0.1, -0.05) is 0 Å². The highest BCUT2D eigenvalue weighted by Gasteiger charge is 2.15. The van der Waals surface area contributed by atoms with Gasteiger partial charge in [0.05, 0.1) is 12.8 Å². The summed E-state index contributed by atoms with van der Waals surface area (Å²) < 4.78 is 7.16. The molecule has 1 heterocycles. The summed E-state index contributed by atoms with van der Waals surface area (Å²) in [7, 11) is 1.53. The van der Waals surface area contributed by atoms with Crippen LogP contribution in [0.25, 0.3) is 5.69 Å². The van der Waals surface area contributed by atoms with Crippen molar-refractivity contribution in [3.8, 4) is 11.4 Å². The predicted molar refractivity (Wildman–Crippen MR) is 75.8 cm³/mol. The molecule has 2 rings (SSSR count). The summed E-state index contributed by atoms with van der Waals surface area (Å²) in [6, 6.07) is 5.19. The van der Waals surface area contributed by atoms with Crippen molar-refractivity contribution in [3.63, 3.8) is 0 Å². The highest BCUT2D eigenvalue weighted by molar-refractivity contribution is 9.10. The van der Waals surface area contributed by atoms with Crippen molar-refractivity contribution in [2.75, 3.05) is 7.11 Å². The van der Waals surface area contributed by atoms with Gasteiger partial charge < -0.3 is 9.84 Å². The molecule has 0 aliphatic rings. The summed E-state index contributed by atoms with van der Waals surface area (Å²) in [6.45, 7) is 1.54. The van der Waals surface area contributed by atoms with Gasteiger partial charge in [0.15, 0.2) is 0 Å². The van der Waals surface area contributed by atoms with Crippen LogP contribution in [0.1, 0.15) is 16.1 Å². The van der Waals surface area contributed by atoms with E-state index < -0.39 is 17.1 Å². The van der Waals surface area contributed by atoms with Crippen LogP contribution in [-0.4, -0.2) is 28.0 Å². The second kappa shape index (κ2) is 5.46. The van der Waals surface area contributed by atoms with Gasteiger partial charge >= 0.3 is 5.97 Å². The molecule has 20 heavy (non-hydrogen) atoms. The van der Waals surface area contributed by atoms with E-state index in [1.54, 1.807) is 25.1 Å². The topological polar surface area (TPSA) is 81.4 Å². The van der Waals surface area contributed by atoms with E-state index in [9.17, 15) is 9.59 Å². The molecule has 0 atom stereocenters. The minimum absolute atomic E-state index is 0.298. The minimum Gasteiger partial charge on any atom is -0.497 e. The first kappa shape index (κ1) is 14.3. The van der Waals surface area contributed by atoms with Gasteiger partial charge in [0.25, 0.3) is 0 Å². The van der Waals surface area contributed by atoms with Crippen LogP contribution in [0, 0.1) is 6.92 Å². The van der Waals surface area contributed by atoms with E-state index in [0.29, 0.717) is 21.5 Å². The van der Waals surface area contributed by atoms with Crippen LogP contribution in [0.2, 0.25) is 0 Å². The Morgan fingerprint density at radius 3 is 2.75 bits per heavy atom. The lowest BCUT2D eigenvalue weighted by molar-refractivity contribution is 0.0686. The lowest BCUT2D eigenvalue weighted by atomic mass is 10.2. The molecular weight excluding hydrogens is 328 g/mol. The Kier molecular flexibility index (Phi) is 3.89. The molecule has 1 N–H and O–H groups in total. The first-order valence-electron chi connectivity index (χ1n) is 5.62. The third-order valence-corrected chi connectivity index (χ3v) is 3.37. The number of benzene rings is 1. The Labute approximate surface area is 122 Å².